The minimum absolute atomic E-state index is 0.129. The van der Waals surface area contributed by atoms with E-state index in [1.807, 2.05) is 0 Å². The van der Waals surface area contributed by atoms with Crippen LogP contribution in [-0.4, -0.2) is 69.1 Å². The van der Waals surface area contributed by atoms with Crippen LogP contribution in [0.2, 0.25) is 0 Å². The standard InChI is InChI=1S/C13H10N2O4.C12H8N2O4/c16-10-6-5-9(11(17)14-10)15-12(18)7-3-1-2-4-8(7)13(15)19;15-9-5-8(10(16)13-9)14-11(17)6-3-1-2-4-7(6)12(14)18/h1-4,9H,5-6H2,(H,14,16,17);1-4,8H,5H2,(H,13,15,16). The van der Waals surface area contributed by atoms with Gasteiger partial charge < -0.3 is 0 Å². The van der Waals surface area contributed by atoms with Crippen molar-refractivity contribution < 1.29 is 38.4 Å². The third-order valence-electron chi connectivity index (χ3n) is 6.43. The summed E-state index contributed by atoms with van der Waals surface area (Å²) in [6.45, 7) is 0. The Morgan fingerprint density at radius 3 is 1.30 bits per heavy atom. The fraction of sp³-hybridized carbons (Fsp3) is 0.200. The molecule has 2 aromatic rings. The number of fused-ring (bicyclic) bond motifs is 2. The van der Waals surface area contributed by atoms with Gasteiger partial charge in [-0.25, -0.2) is 0 Å². The monoisotopic (exact) mass is 502 g/mol. The molecule has 4 aliphatic heterocycles. The molecule has 0 bridgehead atoms. The summed E-state index contributed by atoms with van der Waals surface area (Å²) >= 11 is 0. The Kier molecular flexibility index (Phi) is 5.71. The number of rotatable bonds is 2. The number of nitrogens with zero attached hydrogens (tertiary/aromatic N) is 2. The zero-order chi connectivity index (χ0) is 26.4. The van der Waals surface area contributed by atoms with E-state index in [9.17, 15) is 38.4 Å². The second-order valence-corrected chi connectivity index (χ2v) is 8.65. The summed E-state index contributed by atoms with van der Waals surface area (Å²) in [5.74, 6) is -4.04. The van der Waals surface area contributed by atoms with Crippen LogP contribution in [0.4, 0.5) is 0 Å². The molecule has 0 radical (unpaired) electrons. The predicted molar refractivity (Wildman–Crippen MR) is 122 cm³/mol. The van der Waals surface area contributed by atoms with Crippen LogP contribution in [0, 0.1) is 0 Å². The molecule has 2 atom stereocenters. The largest absolute Gasteiger partial charge is 0.295 e. The third kappa shape index (κ3) is 3.88. The van der Waals surface area contributed by atoms with E-state index < -0.39 is 53.4 Å². The number of nitrogens with one attached hydrogen (secondary N) is 2. The van der Waals surface area contributed by atoms with E-state index in [4.69, 9.17) is 0 Å². The maximum absolute atomic E-state index is 12.2. The van der Waals surface area contributed by atoms with Crippen molar-refractivity contribution in [2.45, 2.75) is 31.3 Å². The van der Waals surface area contributed by atoms with Gasteiger partial charge >= 0.3 is 0 Å². The van der Waals surface area contributed by atoms with Crippen LogP contribution in [-0.2, 0) is 19.2 Å². The first kappa shape index (κ1) is 23.7. The molecule has 6 rings (SSSR count). The van der Waals surface area contributed by atoms with Crippen molar-refractivity contribution in [1.29, 1.82) is 0 Å². The molecule has 4 heterocycles. The van der Waals surface area contributed by atoms with Crippen molar-refractivity contribution in [3.63, 3.8) is 0 Å². The van der Waals surface area contributed by atoms with Crippen molar-refractivity contribution >= 4 is 47.3 Å². The summed E-state index contributed by atoms with van der Waals surface area (Å²) in [6, 6.07) is 10.9. The number of amides is 8. The van der Waals surface area contributed by atoms with Gasteiger partial charge in [-0.2, -0.15) is 0 Å². The Morgan fingerprint density at radius 1 is 0.541 bits per heavy atom. The molecule has 2 aromatic carbocycles. The lowest BCUT2D eigenvalue weighted by molar-refractivity contribution is -0.136. The molecule has 186 valence electrons. The van der Waals surface area contributed by atoms with Crippen LogP contribution in [0.3, 0.4) is 0 Å². The number of hydrogen-bond donors (Lipinski definition) is 2. The summed E-state index contributed by atoms with van der Waals surface area (Å²) in [6.07, 6.45) is 0.143. The highest BCUT2D eigenvalue weighted by molar-refractivity contribution is 6.24. The number of carbonyl (C=O) groups excluding carboxylic acids is 8. The van der Waals surface area contributed by atoms with Crippen molar-refractivity contribution in [3.8, 4) is 0 Å². The molecule has 12 heteroatoms. The molecule has 0 saturated carbocycles. The molecular formula is C25H18N4O8. The molecule has 0 aromatic heterocycles. The number of hydrogen-bond acceptors (Lipinski definition) is 8. The molecule has 37 heavy (non-hydrogen) atoms. The van der Waals surface area contributed by atoms with Crippen molar-refractivity contribution in [2.24, 2.45) is 0 Å². The SMILES string of the molecule is O=C1CC(N2C(=O)c3ccccc3C2=O)C(=O)N1.O=C1CCC(N2C(=O)c3ccccc3C2=O)C(=O)N1. The molecule has 2 N–H and O–H groups in total. The maximum atomic E-state index is 12.2. The predicted octanol–water partition coefficient (Wildman–Crippen LogP) is -0.215. The van der Waals surface area contributed by atoms with E-state index in [2.05, 4.69) is 10.6 Å². The summed E-state index contributed by atoms with van der Waals surface area (Å²) in [5.41, 5.74) is 1.15. The third-order valence-corrected chi connectivity index (χ3v) is 6.43. The average molecular weight is 502 g/mol. The molecule has 8 amide bonds. The highest BCUT2D eigenvalue weighted by atomic mass is 16.2. The lowest BCUT2D eigenvalue weighted by Gasteiger charge is -2.27. The van der Waals surface area contributed by atoms with Crippen molar-refractivity contribution in [3.05, 3.63) is 70.8 Å². The van der Waals surface area contributed by atoms with Gasteiger partial charge in [0.05, 0.1) is 28.7 Å². The molecule has 2 fully saturated rings. The van der Waals surface area contributed by atoms with Gasteiger partial charge in [0.15, 0.2) is 0 Å². The van der Waals surface area contributed by atoms with E-state index >= 15 is 0 Å². The summed E-state index contributed by atoms with van der Waals surface area (Å²) < 4.78 is 0. The van der Waals surface area contributed by atoms with E-state index in [-0.39, 0.29) is 36.3 Å². The molecule has 12 nitrogen and oxygen atoms in total. The number of benzene rings is 2. The van der Waals surface area contributed by atoms with Crippen LogP contribution in [0.25, 0.3) is 0 Å². The minimum Gasteiger partial charge on any atom is -0.295 e. The Balaban J connectivity index is 0.000000152. The molecule has 2 saturated heterocycles. The van der Waals surface area contributed by atoms with Gasteiger partial charge in [0.2, 0.25) is 23.6 Å². The first-order valence-corrected chi connectivity index (χ1v) is 11.3. The highest BCUT2D eigenvalue weighted by Gasteiger charge is 2.46. The van der Waals surface area contributed by atoms with E-state index in [1.54, 1.807) is 36.4 Å². The zero-order valence-electron chi connectivity index (χ0n) is 19.1. The quantitative estimate of drug-likeness (QED) is 0.532. The summed E-state index contributed by atoms with van der Waals surface area (Å²) in [5, 5.41) is 4.24. The van der Waals surface area contributed by atoms with Crippen molar-refractivity contribution in [2.75, 3.05) is 0 Å². The topological polar surface area (TPSA) is 167 Å². The van der Waals surface area contributed by atoms with Gasteiger partial charge in [0.1, 0.15) is 12.1 Å². The summed E-state index contributed by atoms with van der Waals surface area (Å²) in [7, 11) is 0. The van der Waals surface area contributed by atoms with E-state index in [0.717, 1.165) is 9.80 Å². The zero-order valence-corrected chi connectivity index (χ0v) is 19.1. The van der Waals surface area contributed by atoms with E-state index in [0.29, 0.717) is 11.1 Å². The number of piperidine rings is 1. The van der Waals surface area contributed by atoms with Gasteiger partial charge in [-0.1, -0.05) is 24.3 Å². The van der Waals surface area contributed by atoms with Gasteiger partial charge in [0.25, 0.3) is 23.6 Å². The first-order valence-electron chi connectivity index (χ1n) is 11.3. The second-order valence-electron chi connectivity index (χ2n) is 8.65. The van der Waals surface area contributed by atoms with Gasteiger partial charge in [-0.05, 0) is 30.7 Å². The van der Waals surface area contributed by atoms with Crippen LogP contribution in [0.1, 0.15) is 60.7 Å². The number of carbonyl (C=O) groups is 8. The lowest BCUT2D eigenvalue weighted by atomic mass is 10.0. The Morgan fingerprint density at radius 2 is 0.919 bits per heavy atom. The molecule has 0 spiro atoms. The van der Waals surface area contributed by atoms with Crippen molar-refractivity contribution in [1.82, 2.24) is 20.4 Å². The number of imide groups is 4. The van der Waals surface area contributed by atoms with Crippen LogP contribution < -0.4 is 10.6 Å². The maximum Gasteiger partial charge on any atom is 0.262 e. The normalized spacial score (nSPS) is 22.5. The summed E-state index contributed by atoms with van der Waals surface area (Å²) in [4.78, 5) is 95.8. The van der Waals surface area contributed by atoms with Crippen LogP contribution in [0.5, 0.6) is 0 Å². The molecular weight excluding hydrogens is 484 g/mol. The van der Waals surface area contributed by atoms with Crippen LogP contribution >= 0.6 is 0 Å². The highest BCUT2D eigenvalue weighted by Crippen LogP contribution is 2.28. The smallest absolute Gasteiger partial charge is 0.262 e. The van der Waals surface area contributed by atoms with E-state index in [1.165, 1.54) is 12.1 Å². The minimum atomic E-state index is -1.02. The van der Waals surface area contributed by atoms with Gasteiger partial charge in [-0.15, -0.1) is 0 Å². The fourth-order valence-corrected chi connectivity index (χ4v) is 4.66. The van der Waals surface area contributed by atoms with Gasteiger partial charge in [-0.3, -0.25) is 58.8 Å². The second kappa shape index (κ2) is 8.90. The molecule has 0 aliphatic carbocycles. The van der Waals surface area contributed by atoms with Crippen LogP contribution in [0.15, 0.2) is 48.5 Å². The van der Waals surface area contributed by atoms with Gasteiger partial charge in [0, 0.05) is 6.42 Å². The fourth-order valence-electron chi connectivity index (χ4n) is 4.66. The Bertz CT molecular complexity index is 1380. The first-order chi connectivity index (χ1) is 17.7. The average Bonchev–Trinajstić information content (AvgIpc) is 3.44. The Labute approximate surface area is 208 Å². The molecule has 4 aliphatic rings. The Hall–Kier alpha value is -5.00. The lowest BCUT2D eigenvalue weighted by Crippen LogP contribution is -2.54. The molecule has 2 unspecified atom stereocenters.